The maximum atomic E-state index is 13.7. The zero-order valence-electron chi connectivity index (χ0n) is 75.2. The molecule has 10 aromatic carbocycles. The fraction of sp³-hybridized carbons (Fsp3) is 0.182. The molecule has 15 aromatic rings. The van der Waals surface area contributed by atoms with E-state index in [0.29, 0.717) is 129 Å². The molecule has 708 valence electrons. The van der Waals surface area contributed by atoms with Gasteiger partial charge in [0, 0.05) is 102 Å². The van der Waals surface area contributed by atoms with Crippen LogP contribution in [0.5, 0.6) is 0 Å². The van der Waals surface area contributed by atoms with Crippen LogP contribution in [-0.2, 0) is 80.1 Å². The smallest absolute Gasteiger partial charge is 0.342 e. The molecule has 0 aliphatic rings. The summed E-state index contributed by atoms with van der Waals surface area (Å²) in [6, 6.07) is 81.3. The van der Waals surface area contributed by atoms with E-state index in [1.165, 1.54) is 73.9 Å². The van der Waals surface area contributed by atoms with Gasteiger partial charge in [0.25, 0.3) is 0 Å². The van der Waals surface area contributed by atoms with Crippen LogP contribution < -0.4 is 10.6 Å². The van der Waals surface area contributed by atoms with Crippen LogP contribution >= 0.6 is 115 Å². The number of nitrogens with one attached hydrogen (secondary N) is 2. The Morgan fingerprint density at radius 1 is 0.297 bits per heavy atom. The van der Waals surface area contributed by atoms with Crippen molar-refractivity contribution in [3.05, 3.63) is 397 Å². The van der Waals surface area contributed by atoms with Crippen molar-refractivity contribution in [3.8, 4) is 52.2 Å². The second-order valence-corrected chi connectivity index (χ2v) is 39.3. The first-order valence-corrected chi connectivity index (χ1v) is 50.1. The van der Waals surface area contributed by atoms with Gasteiger partial charge in [-0.1, -0.05) is 258 Å². The van der Waals surface area contributed by atoms with Crippen LogP contribution in [0.2, 0.25) is 25.1 Å². The fourth-order valence-electron chi connectivity index (χ4n) is 14.5. The molecular weight excluding hydrogens is 1950 g/mol. The number of amides is 2. The number of carboxylic acid groups (broad SMARTS) is 4. The summed E-state index contributed by atoms with van der Waals surface area (Å²) in [6.07, 6.45) is 7.76. The maximum absolute atomic E-state index is 13.7. The molecule has 17 nitrogen and oxygen atoms in total. The molecule has 5 aromatic heterocycles. The van der Waals surface area contributed by atoms with E-state index in [4.69, 9.17) is 62.7 Å². The SMILES string of the molecule is CC(C)(C)OC(=O)c1c(NC(=O)CCc2ccccc2)csc1-c1ccc(Cl)cc1.O=C(CCCCc1ccccc1)Nc1csc(-c2ccc(Cl)cc2)c1C(=O)O.O=C(CCCc1ccccc1)Cc1csc(-c2ccc(Cl)cc2)c1C(=O)O.O=C(CCc1ccccc1)Cc1csc(-c2ccc(Cl)cc2)c1C(=O)O.O=C(CCc1ccccc1F)Cc1csc(-c2ccc(Cl)cc2)c1C(=O)O. The van der Waals surface area contributed by atoms with Crippen molar-refractivity contribution in [1.29, 1.82) is 0 Å². The standard InChI is InChI=1S/C24H24ClNO3S.C22H20ClNO3S.C22H19ClO3S.C21H16ClFO3S.C21H17ClO3S/c1-24(2,3)29-23(28)21-19(15-30-22(21)17-10-12-18(25)13-11-17)26-20(27)14-9-16-7-5-4-6-8-16;23-17-12-10-16(11-13-17)21-20(22(26)27)18(14-28-21)24-19(25)9-5-4-8-15-6-2-1-3-7-15;23-18-11-9-16(10-12-18)21-20(22(25)26)17(14-27-21)13-19(24)8-4-7-15-5-2-1-3-6-15;22-16-8-5-14(6-9-16)20-19(21(25)26)15(12-27-20)11-17(24)10-7-13-3-1-2-4-18(13)23;22-17-9-7-15(8-10-17)20-19(21(24)25)16(13-26-20)12-18(23)11-6-14-4-2-1-3-5-14/h4-8,10-13,15H,9,14H2,1-3H3,(H,26,27);1-3,6-7,10-14H,4-5,8-9H2,(H,24,25)(H,26,27);1-3,5-6,9-12,14H,4,7-8,13H2,(H,25,26);1-6,8-9,12H,7,10-11H2,(H,25,26);1-5,7-10,13H,6,11-12H2,(H,24,25). The van der Waals surface area contributed by atoms with Gasteiger partial charge in [0.1, 0.15) is 39.9 Å². The molecule has 0 aliphatic heterocycles. The molecular formula is C110H96Cl5FN2O15S5. The Kier molecular flexibility index (Phi) is 40.5. The fourth-order valence-corrected chi connectivity index (χ4v) is 20.3. The molecule has 0 aliphatic carbocycles. The van der Waals surface area contributed by atoms with E-state index in [9.17, 15) is 72.8 Å². The lowest BCUT2D eigenvalue weighted by atomic mass is 9.99. The number of ether oxygens (including phenoxy) is 1. The van der Waals surface area contributed by atoms with Gasteiger partial charge in [-0.25, -0.2) is 28.4 Å². The van der Waals surface area contributed by atoms with Gasteiger partial charge in [0.05, 0.1) is 37.8 Å². The van der Waals surface area contributed by atoms with Gasteiger partial charge in [-0.05, 0) is 227 Å². The molecule has 0 spiro atoms. The van der Waals surface area contributed by atoms with E-state index in [2.05, 4.69) is 22.8 Å². The van der Waals surface area contributed by atoms with E-state index in [1.807, 2.05) is 142 Å². The largest absolute Gasteiger partial charge is 0.478 e. The lowest BCUT2D eigenvalue weighted by Gasteiger charge is -2.20. The molecule has 2 amide bonds. The number of esters is 1. The number of ketones is 3. The Bertz CT molecular complexity index is 6660. The van der Waals surface area contributed by atoms with Gasteiger partial charge in [-0.3, -0.25) is 24.0 Å². The number of hydrogen-bond donors (Lipinski definition) is 6. The zero-order valence-corrected chi connectivity index (χ0v) is 83.1. The molecule has 5 heterocycles. The Labute approximate surface area is 844 Å². The Hall–Kier alpha value is -12.6. The van der Waals surface area contributed by atoms with Crippen LogP contribution in [0, 0.1) is 5.82 Å². The number of benzene rings is 10. The van der Waals surface area contributed by atoms with E-state index in [1.54, 1.807) is 154 Å². The summed E-state index contributed by atoms with van der Waals surface area (Å²) in [4.78, 5) is 125. The van der Waals surface area contributed by atoms with Crippen molar-refractivity contribution in [2.24, 2.45) is 0 Å². The highest BCUT2D eigenvalue weighted by Gasteiger charge is 2.30. The molecule has 28 heteroatoms. The summed E-state index contributed by atoms with van der Waals surface area (Å²) in [5.74, 6) is -5.30. The quantitative estimate of drug-likeness (QED) is 0.0157. The number of carbonyl (C=O) groups excluding carboxylic acids is 6. The van der Waals surface area contributed by atoms with Crippen molar-refractivity contribution < 1.29 is 77.5 Å². The molecule has 0 atom stereocenters. The van der Waals surface area contributed by atoms with Crippen LogP contribution in [0.1, 0.15) is 168 Å². The number of carbonyl (C=O) groups is 10. The lowest BCUT2D eigenvalue weighted by molar-refractivity contribution is -0.119. The molecule has 0 unspecified atom stereocenters. The third-order valence-corrected chi connectivity index (χ3v) is 27.8. The van der Waals surface area contributed by atoms with Gasteiger partial charge < -0.3 is 35.8 Å². The van der Waals surface area contributed by atoms with Crippen molar-refractivity contribution >= 4 is 185 Å². The molecule has 138 heavy (non-hydrogen) atoms. The van der Waals surface area contributed by atoms with Crippen LogP contribution in [-0.4, -0.2) is 85.0 Å². The number of halogens is 6. The second-order valence-electron chi connectivity index (χ2n) is 32.7. The van der Waals surface area contributed by atoms with Gasteiger partial charge in [0.2, 0.25) is 11.8 Å². The first-order valence-electron chi connectivity index (χ1n) is 43.9. The van der Waals surface area contributed by atoms with Crippen molar-refractivity contribution in [2.45, 2.75) is 129 Å². The number of unbranched alkanes of at least 4 members (excludes halogenated alkanes) is 1. The minimum absolute atomic E-state index is 0.0141. The van der Waals surface area contributed by atoms with Crippen LogP contribution in [0.15, 0.2) is 294 Å². The average Bonchev–Trinajstić information content (AvgIpc) is 1.94. The predicted octanol–water partition coefficient (Wildman–Crippen LogP) is 29.8. The van der Waals surface area contributed by atoms with Gasteiger partial charge >= 0.3 is 29.8 Å². The normalized spacial score (nSPS) is 10.8. The van der Waals surface area contributed by atoms with E-state index < -0.39 is 35.4 Å². The number of carboxylic acids is 4. The number of aromatic carboxylic acids is 4. The number of thiophene rings is 5. The third kappa shape index (κ3) is 32.5. The molecule has 0 saturated carbocycles. The van der Waals surface area contributed by atoms with Crippen LogP contribution in [0.25, 0.3) is 52.2 Å². The van der Waals surface area contributed by atoms with Crippen molar-refractivity contribution in [2.75, 3.05) is 10.6 Å². The number of rotatable bonds is 36. The van der Waals surface area contributed by atoms with E-state index in [0.717, 1.165) is 75.9 Å². The predicted molar refractivity (Wildman–Crippen MR) is 558 cm³/mol. The number of Topliss-reactive ketones (excluding diaryl/α,β-unsaturated/α-hetero) is 3. The van der Waals surface area contributed by atoms with Crippen molar-refractivity contribution in [1.82, 2.24) is 0 Å². The first kappa shape index (κ1) is 106. The molecule has 0 fully saturated rings. The average molecular weight is 2040 g/mol. The topological polar surface area (TPSA) is 285 Å². The summed E-state index contributed by atoms with van der Waals surface area (Å²) in [5, 5.41) is 55.9. The maximum Gasteiger partial charge on any atom is 0.342 e. The summed E-state index contributed by atoms with van der Waals surface area (Å²) in [6.45, 7) is 5.45. The molecule has 0 saturated heterocycles. The first-order chi connectivity index (χ1) is 66.3. The summed E-state index contributed by atoms with van der Waals surface area (Å²) >= 11 is 36.3. The summed E-state index contributed by atoms with van der Waals surface area (Å²) in [5.41, 5.74) is 11.9. The Morgan fingerprint density at radius 3 is 0.928 bits per heavy atom. The third-order valence-electron chi connectivity index (χ3n) is 21.3. The van der Waals surface area contributed by atoms with Gasteiger partial charge in [0.15, 0.2) is 0 Å². The highest BCUT2D eigenvalue weighted by molar-refractivity contribution is 7.16. The minimum atomic E-state index is -1.07. The molecule has 15 rings (SSSR count). The number of hydrogen-bond acceptors (Lipinski definition) is 16. The molecule has 0 bridgehead atoms. The lowest BCUT2D eigenvalue weighted by Crippen LogP contribution is -2.25. The summed E-state index contributed by atoms with van der Waals surface area (Å²) < 4.78 is 19.3. The Balaban J connectivity index is 0.000000165. The second kappa shape index (κ2) is 52.8. The highest BCUT2D eigenvalue weighted by atomic mass is 35.5. The van der Waals surface area contributed by atoms with E-state index in [-0.39, 0.29) is 82.9 Å². The molecule has 6 N–H and O–H groups in total. The minimum Gasteiger partial charge on any atom is -0.478 e. The van der Waals surface area contributed by atoms with Gasteiger partial charge in [-0.15, -0.1) is 56.7 Å². The summed E-state index contributed by atoms with van der Waals surface area (Å²) in [7, 11) is 0. The Morgan fingerprint density at radius 2 is 0.580 bits per heavy atom. The van der Waals surface area contributed by atoms with Gasteiger partial charge in [-0.2, -0.15) is 0 Å². The number of aryl methyl sites for hydroxylation is 5. The number of anilines is 2. The van der Waals surface area contributed by atoms with E-state index >= 15 is 0 Å². The van der Waals surface area contributed by atoms with Crippen LogP contribution in [0.3, 0.4) is 0 Å². The highest BCUT2D eigenvalue weighted by Crippen LogP contribution is 2.42. The van der Waals surface area contributed by atoms with Crippen molar-refractivity contribution in [3.63, 3.8) is 0 Å². The van der Waals surface area contributed by atoms with Crippen LogP contribution in [0.4, 0.5) is 15.8 Å². The molecule has 0 radical (unpaired) electrons. The zero-order chi connectivity index (χ0) is 98.8. The monoisotopic (exact) mass is 2040 g/mol.